The van der Waals surface area contributed by atoms with E-state index in [0.717, 1.165) is 5.69 Å². The number of phenolic OH excluding ortho intramolecular Hbond substituents is 2. The highest BCUT2D eigenvalue weighted by atomic mass is 16.3. The largest absolute Gasteiger partial charge is 0.508 e. The number of hydrogen-bond acceptors (Lipinski definition) is 5. The Labute approximate surface area is 173 Å². The molecule has 0 unspecified atom stereocenters. The number of ketones is 1. The number of amides is 1. The van der Waals surface area contributed by atoms with Crippen molar-refractivity contribution in [2.75, 3.05) is 10.2 Å². The van der Waals surface area contributed by atoms with Gasteiger partial charge in [-0.15, -0.1) is 0 Å². The number of benzene rings is 3. The number of rotatable bonds is 4. The number of aromatic hydroxyl groups is 2. The molecule has 3 aromatic carbocycles. The Kier molecular flexibility index (Phi) is 4.98. The first-order valence-electron chi connectivity index (χ1n) is 9.44. The molecule has 1 aliphatic heterocycles. The van der Waals surface area contributed by atoms with Gasteiger partial charge in [-0.05, 0) is 61.0 Å². The lowest BCUT2D eigenvalue weighted by Gasteiger charge is -2.26. The summed E-state index contributed by atoms with van der Waals surface area (Å²) in [6.45, 7) is 1.75. The molecule has 1 atom stereocenters. The van der Waals surface area contributed by atoms with Crippen LogP contribution in [0.3, 0.4) is 0 Å². The molecule has 0 saturated carbocycles. The second kappa shape index (κ2) is 7.75. The summed E-state index contributed by atoms with van der Waals surface area (Å²) in [7, 11) is 0. The van der Waals surface area contributed by atoms with Crippen molar-refractivity contribution in [2.45, 2.75) is 13.0 Å². The van der Waals surface area contributed by atoms with Crippen molar-refractivity contribution in [1.29, 1.82) is 0 Å². The Morgan fingerprint density at radius 3 is 2.23 bits per heavy atom. The van der Waals surface area contributed by atoms with Gasteiger partial charge in [0.25, 0.3) is 11.7 Å². The van der Waals surface area contributed by atoms with Gasteiger partial charge < -0.3 is 15.5 Å². The Hall–Kier alpha value is -4.06. The van der Waals surface area contributed by atoms with Crippen molar-refractivity contribution < 1.29 is 19.8 Å². The summed E-state index contributed by atoms with van der Waals surface area (Å²) in [5, 5.41) is 22.8. The van der Waals surface area contributed by atoms with Crippen molar-refractivity contribution in [2.24, 2.45) is 0 Å². The monoisotopic (exact) mass is 400 g/mol. The summed E-state index contributed by atoms with van der Waals surface area (Å²) in [5.41, 5.74) is 2.73. The lowest BCUT2D eigenvalue weighted by molar-refractivity contribution is -0.132. The molecule has 1 saturated heterocycles. The minimum atomic E-state index is -0.724. The van der Waals surface area contributed by atoms with Crippen LogP contribution in [0.5, 0.6) is 11.5 Å². The molecule has 0 spiro atoms. The van der Waals surface area contributed by atoms with E-state index in [4.69, 9.17) is 0 Å². The van der Waals surface area contributed by atoms with Crippen molar-refractivity contribution in [3.8, 4) is 11.5 Å². The number of Topliss-reactive ketones (excluding diaryl/α,β-unsaturated/α-hetero) is 1. The van der Waals surface area contributed by atoms with Gasteiger partial charge in [-0.2, -0.15) is 0 Å². The van der Waals surface area contributed by atoms with E-state index in [1.54, 1.807) is 37.3 Å². The zero-order valence-corrected chi connectivity index (χ0v) is 16.2. The first kappa shape index (κ1) is 19.3. The predicted molar refractivity (Wildman–Crippen MR) is 114 cm³/mol. The average molecular weight is 400 g/mol. The molecule has 30 heavy (non-hydrogen) atoms. The lowest BCUT2D eigenvalue weighted by Crippen LogP contribution is -2.29. The quantitative estimate of drug-likeness (QED) is 0.452. The third-order valence-corrected chi connectivity index (χ3v) is 5.01. The molecule has 3 N–H and O–H groups in total. The van der Waals surface area contributed by atoms with Crippen LogP contribution in [0.15, 0.2) is 90.1 Å². The van der Waals surface area contributed by atoms with E-state index >= 15 is 0 Å². The fraction of sp³-hybridized carbons (Fsp3) is 0.0833. The fourth-order valence-electron chi connectivity index (χ4n) is 3.67. The number of nitrogens with one attached hydrogen (secondary N) is 1. The van der Waals surface area contributed by atoms with E-state index in [9.17, 15) is 19.8 Å². The number of hydrogen-bond donors (Lipinski definition) is 3. The fourth-order valence-corrected chi connectivity index (χ4v) is 3.67. The van der Waals surface area contributed by atoms with Crippen LogP contribution in [0.2, 0.25) is 0 Å². The van der Waals surface area contributed by atoms with Crippen molar-refractivity contribution in [1.82, 2.24) is 0 Å². The van der Waals surface area contributed by atoms with Crippen LogP contribution in [-0.2, 0) is 9.59 Å². The molecule has 150 valence electrons. The Balaban J connectivity index is 1.87. The molecular formula is C24H20N2O4. The second-order valence-corrected chi connectivity index (χ2v) is 7.05. The number of para-hydroxylation sites is 1. The van der Waals surface area contributed by atoms with E-state index in [-0.39, 0.29) is 11.5 Å². The molecule has 0 aliphatic carbocycles. The Bertz CT molecular complexity index is 1140. The number of carbonyl (C=O) groups is 2. The maximum absolute atomic E-state index is 13.1. The molecule has 1 aliphatic rings. The number of anilines is 2. The smallest absolute Gasteiger partial charge is 0.300 e. The Morgan fingerprint density at radius 2 is 1.57 bits per heavy atom. The van der Waals surface area contributed by atoms with Crippen LogP contribution in [0.1, 0.15) is 18.5 Å². The average Bonchev–Trinajstić information content (AvgIpc) is 3.00. The highest BCUT2D eigenvalue weighted by molar-refractivity contribution is 6.51. The zero-order valence-electron chi connectivity index (χ0n) is 16.2. The summed E-state index contributed by atoms with van der Waals surface area (Å²) in [4.78, 5) is 27.5. The molecule has 6 nitrogen and oxygen atoms in total. The SMILES string of the molecule is C/C(Nc1ccccc1)=C1\C(=O)C(=O)N(c2ccc(O)cc2)[C@H]1c1cccc(O)c1. The molecule has 1 fully saturated rings. The van der Waals surface area contributed by atoms with Crippen molar-refractivity contribution in [3.63, 3.8) is 0 Å². The summed E-state index contributed by atoms with van der Waals surface area (Å²) < 4.78 is 0. The topological polar surface area (TPSA) is 89.9 Å². The molecule has 4 rings (SSSR count). The first-order chi connectivity index (χ1) is 14.5. The zero-order chi connectivity index (χ0) is 21.3. The van der Waals surface area contributed by atoms with Gasteiger partial charge in [0.1, 0.15) is 11.5 Å². The molecular weight excluding hydrogens is 380 g/mol. The standard InChI is InChI=1S/C24H20N2O4/c1-15(25-17-7-3-2-4-8-17)21-22(16-6-5-9-20(28)14-16)26(24(30)23(21)29)18-10-12-19(27)13-11-18/h2-14,22,25,27-28H,1H3/b21-15+/t22-/m0/s1. The first-order valence-corrected chi connectivity index (χ1v) is 9.44. The van der Waals surface area contributed by atoms with Crippen molar-refractivity contribution >= 4 is 23.1 Å². The van der Waals surface area contributed by atoms with Crippen molar-refractivity contribution in [3.05, 3.63) is 95.7 Å². The molecule has 0 bridgehead atoms. The molecule has 1 heterocycles. The van der Waals surface area contributed by atoms with Crippen LogP contribution in [0.4, 0.5) is 11.4 Å². The summed E-state index contributed by atoms with van der Waals surface area (Å²) in [5.74, 6) is -1.18. The summed E-state index contributed by atoms with van der Waals surface area (Å²) >= 11 is 0. The van der Waals surface area contributed by atoms with Gasteiger partial charge in [-0.25, -0.2) is 0 Å². The van der Waals surface area contributed by atoms with Crippen LogP contribution < -0.4 is 10.2 Å². The summed E-state index contributed by atoms with van der Waals surface area (Å²) in [6.07, 6.45) is 0. The minimum absolute atomic E-state index is 0.0398. The highest BCUT2D eigenvalue weighted by Gasteiger charge is 2.46. The van der Waals surface area contributed by atoms with Gasteiger partial charge in [-0.3, -0.25) is 14.5 Å². The molecule has 1 amide bonds. The number of nitrogens with zero attached hydrogens (tertiary/aromatic N) is 1. The van der Waals surface area contributed by atoms with Gasteiger partial charge >= 0.3 is 0 Å². The van der Waals surface area contributed by atoms with E-state index in [0.29, 0.717) is 22.5 Å². The van der Waals surface area contributed by atoms with E-state index in [2.05, 4.69) is 5.32 Å². The normalized spacial score (nSPS) is 17.9. The van der Waals surface area contributed by atoms with Gasteiger partial charge in [0.15, 0.2) is 0 Å². The van der Waals surface area contributed by atoms with Crippen LogP contribution in [0.25, 0.3) is 0 Å². The third-order valence-electron chi connectivity index (χ3n) is 5.01. The maximum atomic E-state index is 13.1. The molecule has 0 aromatic heterocycles. The van der Waals surface area contributed by atoms with Gasteiger partial charge in [0.2, 0.25) is 0 Å². The minimum Gasteiger partial charge on any atom is -0.508 e. The molecule has 3 aromatic rings. The summed E-state index contributed by atoms with van der Waals surface area (Å²) in [6, 6.07) is 21.2. The number of phenols is 2. The van der Waals surface area contributed by atoms with Crippen LogP contribution in [-0.4, -0.2) is 21.9 Å². The van der Waals surface area contributed by atoms with Crippen LogP contribution >= 0.6 is 0 Å². The van der Waals surface area contributed by atoms with Gasteiger partial charge in [0, 0.05) is 17.1 Å². The maximum Gasteiger partial charge on any atom is 0.300 e. The molecule has 0 radical (unpaired) electrons. The van der Waals surface area contributed by atoms with E-state index < -0.39 is 17.7 Å². The second-order valence-electron chi connectivity index (χ2n) is 7.05. The number of allylic oxidation sites excluding steroid dienone is 1. The highest BCUT2D eigenvalue weighted by Crippen LogP contribution is 2.41. The van der Waals surface area contributed by atoms with E-state index in [1.165, 1.54) is 23.1 Å². The van der Waals surface area contributed by atoms with Gasteiger partial charge in [0.05, 0.1) is 11.6 Å². The third kappa shape index (κ3) is 3.51. The predicted octanol–water partition coefficient (Wildman–Crippen LogP) is 4.14. The Morgan fingerprint density at radius 1 is 0.867 bits per heavy atom. The lowest BCUT2D eigenvalue weighted by atomic mass is 9.96. The van der Waals surface area contributed by atoms with Crippen LogP contribution in [0, 0.1) is 0 Å². The van der Waals surface area contributed by atoms with Gasteiger partial charge in [-0.1, -0.05) is 30.3 Å². The number of carbonyl (C=O) groups excluding carboxylic acids is 2. The molecule has 6 heteroatoms. The van der Waals surface area contributed by atoms with E-state index in [1.807, 2.05) is 30.3 Å².